The van der Waals surface area contributed by atoms with E-state index >= 15 is 0 Å². The summed E-state index contributed by atoms with van der Waals surface area (Å²) in [6.07, 6.45) is 2.09. The predicted molar refractivity (Wildman–Crippen MR) is 101 cm³/mol. The number of carbonyl (C=O) groups is 1. The fourth-order valence-corrected chi connectivity index (χ4v) is 2.57. The molecule has 2 N–H and O–H groups in total. The van der Waals surface area contributed by atoms with Gasteiger partial charge in [0.1, 0.15) is 10.7 Å². The number of thiocarbonyl (C=S) groups is 1. The van der Waals surface area contributed by atoms with Crippen LogP contribution in [-0.4, -0.2) is 11.0 Å². The number of rotatable bonds is 7. The SMILES string of the molecule is CC(C)Cc1ccc(CCC(=O)Oc2ccc(C(N)=S)cc2)cc1. The van der Waals surface area contributed by atoms with E-state index in [4.69, 9.17) is 22.7 Å². The van der Waals surface area contributed by atoms with E-state index in [1.807, 2.05) is 0 Å². The second kappa shape index (κ2) is 8.60. The van der Waals surface area contributed by atoms with Gasteiger partial charge >= 0.3 is 5.97 Å². The number of hydrogen-bond acceptors (Lipinski definition) is 3. The van der Waals surface area contributed by atoms with Gasteiger partial charge in [-0.1, -0.05) is 50.3 Å². The molecule has 4 heteroatoms. The quantitative estimate of drug-likeness (QED) is 0.469. The predicted octanol–water partition coefficient (Wildman–Crippen LogP) is 4.06. The van der Waals surface area contributed by atoms with Crippen LogP contribution in [0.1, 0.15) is 37.0 Å². The average molecular weight is 341 g/mol. The van der Waals surface area contributed by atoms with Crippen molar-refractivity contribution in [2.45, 2.75) is 33.1 Å². The van der Waals surface area contributed by atoms with Gasteiger partial charge in [-0.05, 0) is 54.2 Å². The Hall–Kier alpha value is -2.20. The highest BCUT2D eigenvalue weighted by Crippen LogP contribution is 2.14. The first-order valence-electron chi connectivity index (χ1n) is 8.12. The molecule has 0 heterocycles. The van der Waals surface area contributed by atoms with E-state index < -0.39 is 0 Å². The molecule has 0 atom stereocenters. The van der Waals surface area contributed by atoms with E-state index in [1.54, 1.807) is 24.3 Å². The molecule has 3 nitrogen and oxygen atoms in total. The van der Waals surface area contributed by atoms with Crippen molar-refractivity contribution in [3.63, 3.8) is 0 Å². The van der Waals surface area contributed by atoms with Gasteiger partial charge in [0.05, 0.1) is 0 Å². The van der Waals surface area contributed by atoms with Crippen molar-refractivity contribution >= 4 is 23.2 Å². The molecule has 2 aromatic rings. The smallest absolute Gasteiger partial charge is 0.311 e. The van der Waals surface area contributed by atoms with Crippen LogP contribution in [-0.2, 0) is 17.6 Å². The molecule has 2 aromatic carbocycles. The zero-order valence-electron chi connectivity index (χ0n) is 14.1. The zero-order valence-corrected chi connectivity index (χ0v) is 14.9. The van der Waals surface area contributed by atoms with E-state index in [-0.39, 0.29) is 5.97 Å². The third kappa shape index (κ3) is 5.78. The largest absolute Gasteiger partial charge is 0.427 e. The third-order valence-electron chi connectivity index (χ3n) is 3.66. The first-order chi connectivity index (χ1) is 11.4. The van der Waals surface area contributed by atoms with Gasteiger partial charge in [0.15, 0.2) is 0 Å². The van der Waals surface area contributed by atoms with Crippen molar-refractivity contribution in [2.24, 2.45) is 11.7 Å². The molecule has 0 saturated heterocycles. The maximum Gasteiger partial charge on any atom is 0.311 e. The molecule has 0 spiro atoms. The zero-order chi connectivity index (χ0) is 17.5. The first-order valence-corrected chi connectivity index (χ1v) is 8.53. The van der Waals surface area contributed by atoms with E-state index in [1.165, 1.54) is 5.56 Å². The topological polar surface area (TPSA) is 52.3 Å². The van der Waals surface area contributed by atoms with Crippen LogP contribution in [0.5, 0.6) is 5.75 Å². The Morgan fingerprint density at radius 1 is 1.04 bits per heavy atom. The summed E-state index contributed by atoms with van der Waals surface area (Å²) in [5.74, 6) is 0.905. The summed E-state index contributed by atoms with van der Waals surface area (Å²) >= 11 is 4.89. The molecule has 0 saturated carbocycles. The van der Waals surface area contributed by atoms with E-state index in [2.05, 4.69) is 38.1 Å². The van der Waals surface area contributed by atoms with Crippen LogP contribution in [0.15, 0.2) is 48.5 Å². The Kier molecular flexibility index (Phi) is 6.50. The molecule has 0 radical (unpaired) electrons. The lowest BCUT2D eigenvalue weighted by Gasteiger charge is -2.07. The van der Waals surface area contributed by atoms with Crippen LogP contribution < -0.4 is 10.5 Å². The number of esters is 1. The Morgan fingerprint density at radius 2 is 1.62 bits per heavy atom. The molecule has 2 rings (SSSR count). The Bertz CT molecular complexity index is 691. The van der Waals surface area contributed by atoms with Crippen molar-refractivity contribution in [1.29, 1.82) is 0 Å². The van der Waals surface area contributed by atoms with E-state index in [0.29, 0.717) is 29.5 Å². The molecular weight excluding hydrogens is 318 g/mol. The van der Waals surface area contributed by atoms with Crippen LogP contribution in [0.25, 0.3) is 0 Å². The lowest BCUT2D eigenvalue weighted by molar-refractivity contribution is -0.134. The van der Waals surface area contributed by atoms with Crippen LogP contribution in [0, 0.1) is 5.92 Å². The molecule has 126 valence electrons. The average Bonchev–Trinajstić information content (AvgIpc) is 2.54. The second-order valence-electron chi connectivity index (χ2n) is 6.28. The number of carbonyl (C=O) groups excluding carboxylic acids is 1. The maximum absolute atomic E-state index is 11.9. The van der Waals surface area contributed by atoms with Gasteiger partial charge in [0.25, 0.3) is 0 Å². The fraction of sp³-hybridized carbons (Fsp3) is 0.300. The number of hydrogen-bond donors (Lipinski definition) is 1. The Labute approximate surface area is 148 Å². The van der Waals surface area contributed by atoms with Crippen molar-refractivity contribution in [2.75, 3.05) is 0 Å². The van der Waals surface area contributed by atoms with Gasteiger partial charge < -0.3 is 10.5 Å². The normalized spacial score (nSPS) is 10.6. The van der Waals surface area contributed by atoms with Crippen molar-refractivity contribution in [3.05, 3.63) is 65.2 Å². The molecule has 0 aliphatic heterocycles. The summed E-state index contributed by atoms with van der Waals surface area (Å²) in [6, 6.07) is 15.3. The summed E-state index contributed by atoms with van der Waals surface area (Å²) in [7, 11) is 0. The first kappa shape index (κ1) is 18.1. The van der Waals surface area contributed by atoms with Crippen molar-refractivity contribution in [3.8, 4) is 5.75 Å². The van der Waals surface area contributed by atoms with Crippen molar-refractivity contribution < 1.29 is 9.53 Å². The number of benzene rings is 2. The lowest BCUT2D eigenvalue weighted by Crippen LogP contribution is -2.11. The molecule has 0 aromatic heterocycles. The van der Waals surface area contributed by atoms with Crippen LogP contribution in [0.3, 0.4) is 0 Å². The second-order valence-corrected chi connectivity index (χ2v) is 6.72. The highest BCUT2D eigenvalue weighted by atomic mass is 32.1. The molecule has 24 heavy (non-hydrogen) atoms. The van der Waals surface area contributed by atoms with Crippen LogP contribution >= 0.6 is 12.2 Å². The maximum atomic E-state index is 11.9. The number of aryl methyl sites for hydroxylation is 1. The molecular formula is C20H23NO2S. The third-order valence-corrected chi connectivity index (χ3v) is 3.89. The summed E-state index contributed by atoms with van der Waals surface area (Å²) in [6.45, 7) is 4.41. The molecule has 0 unspecified atom stereocenters. The van der Waals surface area contributed by atoms with E-state index in [9.17, 15) is 4.79 Å². The molecule has 0 aliphatic rings. The van der Waals surface area contributed by atoms with Gasteiger partial charge in [0, 0.05) is 12.0 Å². The lowest BCUT2D eigenvalue weighted by atomic mass is 10.0. The summed E-state index contributed by atoms with van der Waals surface area (Å²) in [5.41, 5.74) is 8.76. The summed E-state index contributed by atoms with van der Waals surface area (Å²) in [4.78, 5) is 12.3. The molecule has 0 aliphatic carbocycles. The number of nitrogens with two attached hydrogens (primary N) is 1. The van der Waals surface area contributed by atoms with Gasteiger partial charge in [-0.25, -0.2) is 0 Å². The minimum Gasteiger partial charge on any atom is -0.427 e. The minimum atomic E-state index is -0.246. The monoisotopic (exact) mass is 341 g/mol. The van der Waals surface area contributed by atoms with Gasteiger partial charge in [-0.3, -0.25) is 4.79 Å². The summed E-state index contributed by atoms with van der Waals surface area (Å²) in [5, 5.41) is 0. The van der Waals surface area contributed by atoms with Gasteiger partial charge in [-0.2, -0.15) is 0 Å². The Balaban J connectivity index is 1.83. The van der Waals surface area contributed by atoms with E-state index in [0.717, 1.165) is 17.5 Å². The summed E-state index contributed by atoms with van der Waals surface area (Å²) < 4.78 is 5.32. The minimum absolute atomic E-state index is 0.246. The van der Waals surface area contributed by atoms with Gasteiger partial charge in [-0.15, -0.1) is 0 Å². The molecule has 0 bridgehead atoms. The Morgan fingerprint density at radius 3 is 2.17 bits per heavy atom. The standard InChI is InChI=1S/C20H23NO2S/c1-14(2)13-16-5-3-15(4-6-16)7-12-19(22)23-18-10-8-17(9-11-18)20(21)24/h3-6,8-11,14H,7,12-13H2,1-2H3,(H2,21,24). The van der Waals surface area contributed by atoms with Crippen LogP contribution in [0.2, 0.25) is 0 Å². The fourth-order valence-electron chi connectivity index (χ4n) is 2.43. The highest BCUT2D eigenvalue weighted by molar-refractivity contribution is 7.80. The van der Waals surface area contributed by atoms with Crippen LogP contribution in [0.4, 0.5) is 0 Å². The highest BCUT2D eigenvalue weighted by Gasteiger charge is 2.07. The molecule has 0 amide bonds. The molecule has 0 fully saturated rings. The van der Waals surface area contributed by atoms with Crippen molar-refractivity contribution in [1.82, 2.24) is 0 Å². The van der Waals surface area contributed by atoms with Gasteiger partial charge in [0.2, 0.25) is 0 Å². The number of ether oxygens (including phenoxy) is 1.